The van der Waals surface area contributed by atoms with Gasteiger partial charge >= 0.3 is 0 Å². The van der Waals surface area contributed by atoms with Crippen LogP contribution in [-0.2, 0) is 0 Å². The Bertz CT molecular complexity index is 480. The first-order chi connectivity index (χ1) is 7.09. The lowest BCUT2D eigenvalue weighted by molar-refractivity contribution is 1.25. The van der Waals surface area contributed by atoms with E-state index in [1.807, 2.05) is 32.0 Å². The lowest BCUT2D eigenvalue weighted by Crippen LogP contribution is -1.94. The van der Waals surface area contributed by atoms with Crippen LogP contribution in [0.4, 0.5) is 11.5 Å². The van der Waals surface area contributed by atoms with Gasteiger partial charge in [0.05, 0.1) is 5.69 Å². The Labute approximate surface area is 88.3 Å². The topological polar surface area (TPSA) is 80.7 Å². The first-order valence-electron chi connectivity index (χ1n) is 4.77. The van der Waals surface area contributed by atoms with Crippen LogP contribution in [0.25, 0.3) is 11.4 Å². The van der Waals surface area contributed by atoms with Crippen molar-refractivity contribution >= 4 is 11.5 Å². The van der Waals surface area contributed by atoms with E-state index in [0.29, 0.717) is 5.82 Å². The lowest BCUT2D eigenvalue weighted by Gasteiger charge is -2.04. The fourth-order valence-electron chi connectivity index (χ4n) is 1.49. The minimum Gasteiger partial charge on any atom is -0.398 e. The van der Waals surface area contributed by atoms with E-state index in [1.54, 1.807) is 0 Å². The molecule has 0 radical (unpaired) electrons. The predicted molar refractivity (Wildman–Crippen MR) is 62.3 cm³/mol. The van der Waals surface area contributed by atoms with Crippen molar-refractivity contribution in [3.05, 3.63) is 29.5 Å². The third-order valence-corrected chi connectivity index (χ3v) is 2.50. The maximum Gasteiger partial charge on any atom is 0.141 e. The average molecular weight is 202 g/mol. The van der Waals surface area contributed by atoms with E-state index in [0.717, 1.165) is 28.3 Å². The summed E-state index contributed by atoms with van der Waals surface area (Å²) < 4.78 is 0. The maximum absolute atomic E-state index is 5.97. The van der Waals surface area contributed by atoms with Crippen LogP contribution < -0.4 is 11.5 Å². The summed E-state index contributed by atoms with van der Waals surface area (Å²) in [4.78, 5) is 7.34. The highest BCUT2D eigenvalue weighted by atomic mass is 15.0. The Kier molecular flexibility index (Phi) is 2.11. The van der Waals surface area contributed by atoms with Gasteiger partial charge in [0.15, 0.2) is 0 Å². The van der Waals surface area contributed by atoms with Gasteiger partial charge in [-0.3, -0.25) is 0 Å². The number of imidazole rings is 1. The van der Waals surface area contributed by atoms with Crippen LogP contribution in [0.3, 0.4) is 0 Å². The predicted octanol–water partition coefficient (Wildman–Crippen LogP) is 1.86. The largest absolute Gasteiger partial charge is 0.398 e. The van der Waals surface area contributed by atoms with Gasteiger partial charge in [0, 0.05) is 11.3 Å². The van der Waals surface area contributed by atoms with Gasteiger partial charge in [-0.1, -0.05) is 12.1 Å². The van der Waals surface area contributed by atoms with Crippen molar-refractivity contribution in [2.24, 2.45) is 0 Å². The Morgan fingerprint density at radius 1 is 1.20 bits per heavy atom. The summed E-state index contributed by atoms with van der Waals surface area (Å²) in [5, 5.41) is 0. The van der Waals surface area contributed by atoms with Crippen molar-refractivity contribution in [3.8, 4) is 11.4 Å². The van der Waals surface area contributed by atoms with Crippen molar-refractivity contribution in [2.75, 3.05) is 11.5 Å². The van der Waals surface area contributed by atoms with Crippen molar-refractivity contribution in [1.82, 2.24) is 9.97 Å². The molecule has 78 valence electrons. The van der Waals surface area contributed by atoms with Crippen LogP contribution >= 0.6 is 0 Å². The number of rotatable bonds is 1. The molecule has 2 aromatic rings. The Hall–Kier alpha value is -1.97. The second-order valence-corrected chi connectivity index (χ2v) is 3.62. The molecule has 5 N–H and O–H groups in total. The second kappa shape index (κ2) is 3.31. The van der Waals surface area contributed by atoms with Gasteiger partial charge in [0.25, 0.3) is 0 Å². The van der Waals surface area contributed by atoms with Gasteiger partial charge in [0.2, 0.25) is 0 Å². The molecule has 0 unspecified atom stereocenters. The molecule has 0 saturated carbocycles. The first-order valence-corrected chi connectivity index (χ1v) is 4.77. The third kappa shape index (κ3) is 1.54. The number of nitrogens with one attached hydrogen (secondary N) is 1. The molecule has 0 bridgehead atoms. The summed E-state index contributed by atoms with van der Waals surface area (Å²) in [5.41, 5.74) is 15.2. The first kappa shape index (κ1) is 9.58. The molecule has 0 aliphatic carbocycles. The van der Waals surface area contributed by atoms with E-state index in [2.05, 4.69) is 9.97 Å². The van der Waals surface area contributed by atoms with Crippen LogP contribution in [0.2, 0.25) is 0 Å². The zero-order chi connectivity index (χ0) is 11.0. The van der Waals surface area contributed by atoms with Crippen molar-refractivity contribution < 1.29 is 0 Å². The highest BCUT2D eigenvalue weighted by Gasteiger charge is 2.09. The fraction of sp³-hybridized carbons (Fsp3) is 0.182. The SMILES string of the molecule is Cc1cccc(-c2nc(C)c(N)[nH]2)c1N. The van der Waals surface area contributed by atoms with E-state index < -0.39 is 0 Å². The summed E-state index contributed by atoms with van der Waals surface area (Å²) in [6.45, 7) is 3.83. The van der Waals surface area contributed by atoms with Crippen molar-refractivity contribution in [2.45, 2.75) is 13.8 Å². The number of para-hydroxylation sites is 1. The molecule has 4 heteroatoms. The second-order valence-electron chi connectivity index (χ2n) is 3.62. The molecule has 0 atom stereocenters. The van der Waals surface area contributed by atoms with Gasteiger partial charge < -0.3 is 16.5 Å². The molecule has 0 amide bonds. The summed E-state index contributed by atoms with van der Waals surface area (Å²) in [5.74, 6) is 1.32. The number of benzene rings is 1. The number of aromatic nitrogens is 2. The Morgan fingerprint density at radius 3 is 2.53 bits per heavy atom. The van der Waals surface area contributed by atoms with Crippen LogP contribution in [0.1, 0.15) is 11.3 Å². The minimum absolute atomic E-state index is 0.589. The van der Waals surface area contributed by atoms with E-state index in [9.17, 15) is 0 Å². The molecule has 4 nitrogen and oxygen atoms in total. The summed E-state index contributed by atoms with van der Waals surface area (Å²) in [7, 11) is 0. The molecule has 0 fully saturated rings. The zero-order valence-corrected chi connectivity index (χ0v) is 8.83. The van der Waals surface area contributed by atoms with E-state index >= 15 is 0 Å². The van der Waals surface area contributed by atoms with E-state index in [4.69, 9.17) is 11.5 Å². The number of nitrogens with two attached hydrogens (primary N) is 2. The van der Waals surface area contributed by atoms with Crippen molar-refractivity contribution in [1.29, 1.82) is 0 Å². The number of nitrogens with zero attached hydrogens (tertiary/aromatic N) is 1. The Balaban J connectivity index is 2.59. The molecule has 1 heterocycles. The number of hydrogen-bond donors (Lipinski definition) is 3. The molecular weight excluding hydrogens is 188 g/mol. The number of H-pyrrole nitrogens is 1. The van der Waals surface area contributed by atoms with Gasteiger partial charge in [-0.05, 0) is 25.5 Å². The summed E-state index contributed by atoms with van der Waals surface area (Å²) in [6.07, 6.45) is 0. The highest BCUT2D eigenvalue weighted by Crippen LogP contribution is 2.27. The smallest absolute Gasteiger partial charge is 0.141 e. The summed E-state index contributed by atoms with van der Waals surface area (Å²) in [6, 6.07) is 5.85. The normalized spacial score (nSPS) is 10.5. The molecular formula is C11H14N4. The van der Waals surface area contributed by atoms with E-state index in [-0.39, 0.29) is 0 Å². The number of nitrogen functional groups attached to an aromatic ring is 2. The summed E-state index contributed by atoms with van der Waals surface area (Å²) >= 11 is 0. The molecule has 0 saturated heterocycles. The number of hydrogen-bond acceptors (Lipinski definition) is 3. The van der Waals surface area contributed by atoms with Crippen LogP contribution in [-0.4, -0.2) is 9.97 Å². The highest BCUT2D eigenvalue weighted by molar-refractivity contribution is 5.75. The lowest BCUT2D eigenvalue weighted by atomic mass is 10.1. The van der Waals surface area contributed by atoms with Gasteiger partial charge in [-0.15, -0.1) is 0 Å². The quantitative estimate of drug-likeness (QED) is 0.617. The third-order valence-electron chi connectivity index (χ3n) is 2.50. The molecule has 0 aliphatic rings. The standard InChI is InChI=1S/C11H14N4/c1-6-4-3-5-8(9(6)12)11-14-7(2)10(13)15-11/h3-5H,12-13H2,1-2H3,(H,14,15). The van der Waals surface area contributed by atoms with E-state index in [1.165, 1.54) is 0 Å². The maximum atomic E-state index is 5.97. The molecule has 15 heavy (non-hydrogen) atoms. The molecule has 0 aliphatic heterocycles. The molecule has 2 rings (SSSR count). The zero-order valence-electron chi connectivity index (χ0n) is 8.83. The van der Waals surface area contributed by atoms with Gasteiger partial charge in [-0.25, -0.2) is 4.98 Å². The van der Waals surface area contributed by atoms with Crippen LogP contribution in [0.15, 0.2) is 18.2 Å². The van der Waals surface area contributed by atoms with Crippen molar-refractivity contribution in [3.63, 3.8) is 0 Å². The molecule has 1 aromatic carbocycles. The monoisotopic (exact) mass is 202 g/mol. The van der Waals surface area contributed by atoms with Crippen LogP contribution in [0, 0.1) is 13.8 Å². The van der Waals surface area contributed by atoms with Gasteiger partial charge in [0.1, 0.15) is 11.6 Å². The minimum atomic E-state index is 0.589. The van der Waals surface area contributed by atoms with Gasteiger partial charge in [-0.2, -0.15) is 0 Å². The van der Waals surface area contributed by atoms with Crippen LogP contribution in [0.5, 0.6) is 0 Å². The molecule has 1 aromatic heterocycles. The Morgan fingerprint density at radius 2 is 1.93 bits per heavy atom. The molecule has 0 spiro atoms. The average Bonchev–Trinajstić information content (AvgIpc) is 2.51. The number of anilines is 2. The number of aryl methyl sites for hydroxylation is 2. The number of aromatic amines is 1. The fourth-order valence-corrected chi connectivity index (χ4v) is 1.49.